The van der Waals surface area contributed by atoms with Gasteiger partial charge in [0.15, 0.2) is 0 Å². The number of ether oxygens (including phenoxy) is 2. The molecule has 134 valence electrons. The van der Waals surface area contributed by atoms with Crippen molar-refractivity contribution in [2.75, 3.05) is 0 Å². The van der Waals surface area contributed by atoms with Crippen LogP contribution in [0.3, 0.4) is 0 Å². The summed E-state index contributed by atoms with van der Waals surface area (Å²) in [5.74, 6) is -3.12. The monoisotopic (exact) mass is 380 g/mol. The van der Waals surface area contributed by atoms with Gasteiger partial charge >= 0.3 is 18.4 Å². The SMILES string of the molecule is O=C(O)C(F)(F)Oc1ccc(Sc2ccc(OC(F)(F)F)cc2)cc1. The molecule has 0 aliphatic carbocycles. The van der Waals surface area contributed by atoms with Crippen molar-refractivity contribution in [1.29, 1.82) is 0 Å². The van der Waals surface area contributed by atoms with Crippen LogP contribution in [0.2, 0.25) is 0 Å². The van der Waals surface area contributed by atoms with Crippen LogP contribution >= 0.6 is 11.8 Å². The fourth-order valence-electron chi connectivity index (χ4n) is 1.61. The van der Waals surface area contributed by atoms with E-state index in [0.717, 1.165) is 36.0 Å². The minimum atomic E-state index is -4.78. The van der Waals surface area contributed by atoms with Gasteiger partial charge in [0, 0.05) is 9.79 Å². The Kier molecular flexibility index (Phi) is 5.41. The summed E-state index contributed by atoms with van der Waals surface area (Å²) >= 11 is 1.15. The van der Waals surface area contributed by atoms with Crippen LogP contribution < -0.4 is 9.47 Å². The minimum Gasteiger partial charge on any atom is -0.474 e. The van der Waals surface area contributed by atoms with Crippen molar-refractivity contribution >= 4 is 17.7 Å². The summed E-state index contributed by atoms with van der Waals surface area (Å²) in [4.78, 5) is 11.4. The van der Waals surface area contributed by atoms with Crippen molar-refractivity contribution in [2.24, 2.45) is 0 Å². The average molecular weight is 380 g/mol. The van der Waals surface area contributed by atoms with E-state index in [1.165, 1.54) is 24.3 Å². The first-order chi connectivity index (χ1) is 11.5. The number of halogens is 5. The second kappa shape index (κ2) is 7.18. The van der Waals surface area contributed by atoms with Crippen LogP contribution in [0.1, 0.15) is 0 Å². The van der Waals surface area contributed by atoms with E-state index in [4.69, 9.17) is 5.11 Å². The number of aliphatic carboxylic acids is 1. The van der Waals surface area contributed by atoms with E-state index >= 15 is 0 Å². The van der Waals surface area contributed by atoms with Crippen molar-refractivity contribution in [2.45, 2.75) is 22.3 Å². The highest BCUT2D eigenvalue weighted by Gasteiger charge is 2.42. The second-order valence-corrected chi connectivity index (χ2v) is 5.66. The molecule has 0 aliphatic rings. The van der Waals surface area contributed by atoms with Gasteiger partial charge in [0.05, 0.1) is 0 Å². The summed E-state index contributed by atoms with van der Waals surface area (Å²) < 4.78 is 69.8. The first kappa shape index (κ1) is 18.8. The molecule has 0 heterocycles. The molecule has 25 heavy (non-hydrogen) atoms. The van der Waals surface area contributed by atoms with E-state index in [1.54, 1.807) is 0 Å². The summed E-state index contributed by atoms with van der Waals surface area (Å²) in [5.41, 5.74) is 0. The predicted molar refractivity (Wildman–Crippen MR) is 76.9 cm³/mol. The van der Waals surface area contributed by atoms with Gasteiger partial charge in [0.25, 0.3) is 0 Å². The van der Waals surface area contributed by atoms with Gasteiger partial charge in [-0.1, -0.05) is 11.8 Å². The lowest BCUT2D eigenvalue weighted by Gasteiger charge is -2.13. The summed E-state index contributed by atoms with van der Waals surface area (Å²) in [5, 5.41) is 8.29. The van der Waals surface area contributed by atoms with Crippen LogP contribution in [0.25, 0.3) is 0 Å². The van der Waals surface area contributed by atoms with Gasteiger partial charge in [0.1, 0.15) is 11.5 Å². The number of hydrogen-bond acceptors (Lipinski definition) is 4. The molecule has 2 aromatic rings. The third-order valence-electron chi connectivity index (χ3n) is 2.61. The van der Waals surface area contributed by atoms with Gasteiger partial charge in [-0.15, -0.1) is 13.2 Å². The number of carboxylic acids is 1. The molecule has 10 heteroatoms. The van der Waals surface area contributed by atoms with Crippen LogP contribution in [0, 0.1) is 0 Å². The van der Waals surface area contributed by atoms with E-state index in [2.05, 4.69) is 9.47 Å². The molecule has 1 N–H and O–H groups in total. The van der Waals surface area contributed by atoms with Crippen LogP contribution in [-0.2, 0) is 4.79 Å². The fraction of sp³-hybridized carbons (Fsp3) is 0.133. The molecule has 0 aliphatic heterocycles. The third-order valence-corrected chi connectivity index (χ3v) is 3.63. The van der Waals surface area contributed by atoms with Gasteiger partial charge in [0.2, 0.25) is 0 Å². The Hall–Kier alpha value is -2.49. The summed E-state index contributed by atoms with van der Waals surface area (Å²) in [6, 6.07) is 10.2. The Labute approximate surface area is 142 Å². The van der Waals surface area contributed by atoms with Gasteiger partial charge in [-0.05, 0) is 48.5 Å². The number of alkyl halides is 5. The Bertz CT molecular complexity index is 729. The summed E-state index contributed by atoms with van der Waals surface area (Å²) in [6.45, 7) is 0. The molecule has 0 spiro atoms. The van der Waals surface area contributed by atoms with Crippen molar-refractivity contribution < 1.29 is 41.3 Å². The Morgan fingerprint density at radius 1 is 0.800 bits per heavy atom. The molecule has 0 amide bonds. The lowest BCUT2D eigenvalue weighted by molar-refractivity contribution is -0.274. The first-order valence-electron chi connectivity index (χ1n) is 6.49. The van der Waals surface area contributed by atoms with Gasteiger partial charge < -0.3 is 14.6 Å². The summed E-state index contributed by atoms with van der Waals surface area (Å²) in [6.07, 6.45) is -9.12. The number of benzene rings is 2. The molecule has 0 saturated carbocycles. The molecule has 0 saturated heterocycles. The molecule has 4 nitrogen and oxygen atoms in total. The maximum atomic E-state index is 12.9. The topological polar surface area (TPSA) is 55.8 Å². The molecule has 2 rings (SSSR count). The predicted octanol–water partition coefficient (Wildman–Crippen LogP) is 4.79. The molecular weight excluding hydrogens is 371 g/mol. The van der Waals surface area contributed by atoms with Gasteiger partial charge in [-0.3, -0.25) is 0 Å². The highest BCUT2D eigenvalue weighted by Crippen LogP contribution is 2.32. The Morgan fingerprint density at radius 2 is 1.20 bits per heavy atom. The maximum absolute atomic E-state index is 12.9. The number of rotatable bonds is 6. The van der Waals surface area contributed by atoms with Gasteiger partial charge in [-0.2, -0.15) is 8.78 Å². The zero-order valence-electron chi connectivity index (χ0n) is 12.1. The number of hydrogen-bond donors (Lipinski definition) is 1. The van der Waals surface area contributed by atoms with Crippen molar-refractivity contribution in [3.63, 3.8) is 0 Å². The van der Waals surface area contributed by atoms with E-state index in [0.29, 0.717) is 9.79 Å². The van der Waals surface area contributed by atoms with Crippen molar-refractivity contribution in [3.05, 3.63) is 48.5 Å². The second-order valence-electron chi connectivity index (χ2n) is 4.52. The quantitative estimate of drug-likeness (QED) is 0.730. The minimum absolute atomic E-state index is 0.342. The van der Waals surface area contributed by atoms with Crippen LogP contribution in [0.15, 0.2) is 58.3 Å². The van der Waals surface area contributed by atoms with E-state index < -0.39 is 18.4 Å². The molecule has 0 radical (unpaired) electrons. The van der Waals surface area contributed by atoms with Crippen molar-refractivity contribution in [3.8, 4) is 11.5 Å². The Morgan fingerprint density at radius 3 is 1.56 bits per heavy atom. The standard InChI is InChI=1S/C15H9F5O4S/c16-14(17,13(21)22)23-9-1-5-11(6-2-9)25-12-7-3-10(4-8-12)24-15(18,19)20/h1-8H,(H,21,22). The first-order valence-corrected chi connectivity index (χ1v) is 7.31. The molecule has 0 aromatic heterocycles. The highest BCUT2D eigenvalue weighted by atomic mass is 32.2. The lowest BCUT2D eigenvalue weighted by Crippen LogP contribution is -2.34. The van der Waals surface area contributed by atoms with Crippen LogP contribution in [-0.4, -0.2) is 23.5 Å². The summed E-state index contributed by atoms with van der Waals surface area (Å²) in [7, 11) is 0. The molecule has 0 unspecified atom stereocenters. The largest absolute Gasteiger partial charge is 0.573 e. The maximum Gasteiger partial charge on any atom is 0.573 e. The van der Waals surface area contributed by atoms with E-state index in [1.807, 2.05) is 0 Å². The van der Waals surface area contributed by atoms with Crippen LogP contribution in [0.4, 0.5) is 22.0 Å². The van der Waals surface area contributed by atoms with Crippen LogP contribution in [0.5, 0.6) is 11.5 Å². The highest BCUT2D eigenvalue weighted by molar-refractivity contribution is 7.99. The zero-order valence-corrected chi connectivity index (χ0v) is 12.9. The smallest absolute Gasteiger partial charge is 0.474 e. The molecule has 0 fully saturated rings. The average Bonchev–Trinajstić information content (AvgIpc) is 2.49. The van der Waals surface area contributed by atoms with E-state index in [9.17, 15) is 26.7 Å². The van der Waals surface area contributed by atoms with Crippen molar-refractivity contribution in [1.82, 2.24) is 0 Å². The zero-order chi connectivity index (χ0) is 18.7. The molecule has 2 aromatic carbocycles. The fourth-order valence-corrected chi connectivity index (χ4v) is 2.43. The molecule has 0 bridgehead atoms. The molecular formula is C15H9F5O4S. The van der Waals surface area contributed by atoms with Gasteiger partial charge in [-0.25, -0.2) is 4.79 Å². The number of carboxylic acid groups (broad SMARTS) is 1. The Balaban J connectivity index is 2.00. The number of carbonyl (C=O) groups is 1. The lowest BCUT2D eigenvalue weighted by atomic mass is 10.3. The third kappa shape index (κ3) is 5.82. The normalized spacial score (nSPS) is 11.9. The molecule has 0 atom stereocenters. The van der Waals surface area contributed by atoms with E-state index in [-0.39, 0.29) is 11.5 Å².